The van der Waals surface area contributed by atoms with E-state index in [1.54, 1.807) is 11.3 Å². The Labute approximate surface area is 114 Å². The summed E-state index contributed by atoms with van der Waals surface area (Å²) in [6, 6.07) is 4.15. The van der Waals surface area contributed by atoms with Crippen molar-refractivity contribution in [2.45, 2.75) is 19.9 Å². The molecule has 3 aromatic heterocycles. The van der Waals surface area contributed by atoms with Crippen LogP contribution in [0.2, 0.25) is 0 Å². The van der Waals surface area contributed by atoms with Crippen molar-refractivity contribution < 1.29 is 0 Å². The third-order valence-corrected chi connectivity index (χ3v) is 4.13. The van der Waals surface area contributed by atoms with E-state index < -0.39 is 0 Å². The normalized spacial score (nSPS) is 11.2. The van der Waals surface area contributed by atoms with Crippen molar-refractivity contribution >= 4 is 34.7 Å². The summed E-state index contributed by atoms with van der Waals surface area (Å²) in [5, 5.41) is 4.28. The van der Waals surface area contributed by atoms with E-state index in [0.29, 0.717) is 0 Å². The molecule has 0 amide bonds. The molecule has 5 heteroatoms. The van der Waals surface area contributed by atoms with Crippen molar-refractivity contribution in [2.75, 3.05) is 0 Å². The maximum absolute atomic E-state index is 5.38. The molecule has 0 radical (unpaired) electrons. The molecule has 0 atom stereocenters. The third kappa shape index (κ3) is 2.00. The number of nitrogens with one attached hydrogen (secondary N) is 1. The smallest absolute Gasteiger partial charge is 0.179 e. The van der Waals surface area contributed by atoms with Crippen molar-refractivity contribution in [2.24, 2.45) is 0 Å². The summed E-state index contributed by atoms with van der Waals surface area (Å²) in [6.07, 6.45) is 2.82. The number of pyridine rings is 1. The van der Waals surface area contributed by atoms with Crippen molar-refractivity contribution in [1.29, 1.82) is 0 Å². The van der Waals surface area contributed by atoms with Crippen LogP contribution >= 0.6 is 23.6 Å². The largest absolute Gasteiger partial charge is 0.329 e. The minimum Gasteiger partial charge on any atom is -0.329 e. The molecule has 0 bridgehead atoms. The average molecular weight is 275 g/mol. The Hall–Kier alpha value is -1.46. The SMILES string of the molecule is Cc1ccnc2c1[nH]c(=S)n2CCc1ccsc1. The third-order valence-electron chi connectivity index (χ3n) is 3.08. The number of fused-ring (bicyclic) bond motifs is 1. The van der Waals surface area contributed by atoms with Crippen LogP contribution in [-0.2, 0) is 13.0 Å². The fourth-order valence-corrected chi connectivity index (χ4v) is 3.04. The molecule has 3 heterocycles. The highest BCUT2D eigenvalue weighted by Crippen LogP contribution is 2.16. The van der Waals surface area contributed by atoms with E-state index >= 15 is 0 Å². The molecule has 92 valence electrons. The number of H-pyrrole nitrogens is 1. The van der Waals surface area contributed by atoms with Crippen molar-refractivity contribution in [3.8, 4) is 0 Å². The van der Waals surface area contributed by atoms with E-state index in [-0.39, 0.29) is 0 Å². The van der Waals surface area contributed by atoms with Gasteiger partial charge in [-0.1, -0.05) is 0 Å². The fourth-order valence-electron chi connectivity index (χ4n) is 2.06. The quantitative estimate of drug-likeness (QED) is 0.739. The van der Waals surface area contributed by atoms with E-state index in [9.17, 15) is 0 Å². The van der Waals surface area contributed by atoms with Gasteiger partial charge in [-0.15, -0.1) is 0 Å². The first-order chi connectivity index (χ1) is 8.75. The summed E-state index contributed by atoms with van der Waals surface area (Å²) in [7, 11) is 0. The van der Waals surface area contributed by atoms with E-state index in [0.717, 1.165) is 28.9 Å². The molecule has 0 aliphatic carbocycles. The second kappa shape index (κ2) is 4.66. The molecule has 3 rings (SSSR count). The van der Waals surface area contributed by atoms with Gasteiger partial charge < -0.3 is 9.55 Å². The molecule has 18 heavy (non-hydrogen) atoms. The Morgan fingerprint density at radius 3 is 3.11 bits per heavy atom. The Kier molecular flexibility index (Phi) is 3.01. The number of hydrogen-bond donors (Lipinski definition) is 1. The van der Waals surface area contributed by atoms with Crippen LogP contribution in [0.1, 0.15) is 11.1 Å². The standard InChI is InChI=1S/C13H13N3S2/c1-9-2-5-14-12-11(9)15-13(17)16(12)6-3-10-4-7-18-8-10/h2,4-5,7-8H,3,6H2,1H3,(H,15,17). The Bertz CT molecular complexity index is 722. The molecule has 3 nitrogen and oxygen atoms in total. The number of nitrogens with zero attached hydrogens (tertiary/aromatic N) is 2. The van der Waals surface area contributed by atoms with Crippen LogP contribution in [0, 0.1) is 11.7 Å². The molecule has 0 fully saturated rings. The molecule has 0 aliphatic rings. The van der Waals surface area contributed by atoms with Crippen LogP contribution in [-0.4, -0.2) is 14.5 Å². The first kappa shape index (κ1) is 11.6. The molecular weight excluding hydrogens is 262 g/mol. The van der Waals surface area contributed by atoms with Gasteiger partial charge in [0.2, 0.25) is 0 Å². The molecular formula is C13H13N3S2. The van der Waals surface area contributed by atoms with Crippen LogP contribution < -0.4 is 0 Å². The predicted molar refractivity (Wildman–Crippen MR) is 77.7 cm³/mol. The van der Waals surface area contributed by atoms with Gasteiger partial charge in [0.15, 0.2) is 10.4 Å². The van der Waals surface area contributed by atoms with E-state index in [1.807, 2.05) is 12.3 Å². The number of aromatic nitrogens is 3. The number of rotatable bonds is 3. The number of aryl methyl sites for hydroxylation is 3. The molecule has 0 aromatic carbocycles. The fraction of sp³-hybridized carbons (Fsp3) is 0.231. The van der Waals surface area contributed by atoms with Crippen LogP contribution in [0.15, 0.2) is 29.1 Å². The van der Waals surface area contributed by atoms with Crippen molar-refractivity contribution in [3.63, 3.8) is 0 Å². The number of hydrogen-bond acceptors (Lipinski definition) is 3. The second-order valence-corrected chi connectivity index (χ2v) is 5.46. The lowest BCUT2D eigenvalue weighted by molar-refractivity contribution is 0.702. The van der Waals surface area contributed by atoms with Gasteiger partial charge in [0.1, 0.15) is 0 Å². The summed E-state index contributed by atoms with van der Waals surface area (Å²) in [5.41, 5.74) is 4.53. The maximum atomic E-state index is 5.38. The zero-order chi connectivity index (χ0) is 12.5. The van der Waals surface area contributed by atoms with Gasteiger partial charge in [0, 0.05) is 12.7 Å². The van der Waals surface area contributed by atoms with Crippen LogP contribution in [0.25, 0.3) is 11.2 Å². The van der Waals surface area contributed by atoms with E-state index in [1.165, 1.54) is 11.1 Å². The summed E-state index contributed by atoms with van der Waals surface area (Å²) in [5.74, 6) is 0. The van der Waals surface area contributed by atoms with Crippen molar-refractivity contribution in [3.05, 3.63) is 45.0 Å². The highest BCUT2D eigenvalue weighted by Gasteiger charge is 2.07. The number of aromatic amines is 1. The number of imidazole rings is 1. The van der Waals surface area contributed by atoms with E-state index in [2.05, 4.69) is 38.3 Å². The van der Waals surface area contributed by atoms with Gasteiger partial charge >= 0.3 is 0 Å². The highest BCUT2D eigenvalue weighted by atomic mass is 32.1. The highest BCUT2D eigenvalue weighted by molar-refractivity contribution is 7.71. The zero-order valence-electron chi connectivity index (χ0n) is 10.0. The van der Waals surface area contributed by atoms with Crippen LogP contribution in [0.3, 0.4) is 0 Å². The lowest BCUT2D eigenvalue weighted by Crippen LogP contribution is -2.01. The predicted octanol–water partition coefficient (Wildman–Crippen LogP) is 3.71. The molecule has 0 saturated carbocycles. The Morgan fingerprint density at radius 1 is 1.44 bits per heavy atom. The van der Waals surface area contributed by atoms with Crippen molar-refractivity contribution in [1.82, 2.24) is 14.5 Å². The first-order valence-electron chi connectivity index (χ1n) is 5.81. The van der Waals surface area contributed by atoms with Crippen LogP contribution in [0.5, 0.6) is 0 Å². The number of thiophene rings is 1. The Balaban J connectivity index is 1.99. The van der Waals surface area contributed by atoms with Gasteiger partial charge in [-0.2, -0.15) is 11.3 Å². The average Bonchev–Trinajstić information content (AvgIpc) is 2.95. The summed E-state index contributed by atoms with van der Waals surface area (Å²) >= 11 is 7.11. The van der Waals surface area contributed by atoms with E-state index in [4.69, 9.17) is 12.2 Å². The minimum absolute atomic E-state index is 0.752. The topological polar surface area (TPSA) is 33.6 Å². The molecule has 3 aromatic rings. The molecule has 0 saturated heterocycles. The van der Waals surface area contributed by atoms with Gasteiger partial charge in [-0.05, 0) is 59.6 Å². The summed E-state index contributed by atoms with van der Waals surface area (Å²) < 4.78 is 2.83. The van der Waals surface area contributed by atoms with Gasteiger partial charge in [0.05, 0.1) is 5.52 Å². The van der Waals surface area contributed by atoms with Crippen LogP contribution in [0.4, 0.5) is 0 Å². The van der Waals surface area contributed by atoms with Gasteiger partial charge in [0.25, 0.3) is 0 Å². The molecule has 1 N–H and O–H groups in total. The molecule has 0 unspecified atom stereocenters. The zero-order valence-corrected chi connectivity index (χ0v) is 11.6. The first-order valence-corrected chi connectivity index (χ1v) is 7.16. The second-order valence-electron chi connectivity index (χ2n) is 4.29. The molecule has 0 aliphatic heterocycles. The minimum atomic E-state index is 0.752. The monoisotopic (exact) mass is 275 g/mol. The lowest BCUT2D eigenvalue weighted by Gasteiger charge is -2.02. The maximum Gasteiger partial charge on any atom is 0.179 e. The Morgan fingerprint density at radius 2 is 2.33 bits per heavy atom. The molecule has 0 spiro atoms. The van der Waals surface area contributed by atoms with Gasteiger partial charge in [-0.25, -0.2) is 4.98 Å². The summed E-state index contributed by atoms with van der Waals surface area (Å²) in [6.45, 7) is 2.94. The lowest BCUT2D eigenvalue weighted by atomic mass is 10.2. The summed E-state index contributed by atoms with van der Waals surface area (Å²) in [4.78, 5) is 7.67. The van der Waals surface area contributed by atoms with Gasteiger partial charge in [-0.3, -0.25) is 0 Å².